The fourth-order valence-electron chi connectivity index (χ4n) is 3.59. The SMILES string of the molecule is COCC1(C(=O)N2CC[C@@H](c3ccc(F)cc3)C2)CCC1. The molecule has 2 fully saturated rings. The molecule has 0 bridgehead atoms. The summed E-state index contributed by atoms with van der Waals surface area (Å²) in [5.41, 5.74) is 0.855. The molecule has 1 aromatic rings. The Kier molecular flexibility index (Phi) is 3.98. The molecule has 1 aliphatic carbocycles. The molecule has 114 valence electrons. The second-order valence-electron chi connectivity index (χ2n) is 6.36. The van der Waals surface area contributed by atoms with Gasteiger partial charge in [0.1, 0.15) is 5.82 Å². The van der Waals surface area contributed by atoms with Crippen molar-refractivity contribution in [2.45, 2.75) is 31.6 Å². The molecule has 21 heavy (non-hydrogen) atoms. The summed E-state index contributed by atoms with van der Waals surface area (Å²) >= 11 is 0. The monoisotopic (exact) mass is 291 g/mol. The molecular weight excluding hydrogens is 269 g/mol. The highest BCUT2D eigenvalue weighted by molar-refractivity contribution is 5.84. The van der Waals surface area contributed by atoms with Crippen molar-refractivity contribution >= 4 is 5.91 Å². The lowest BCUT2D eigenvalue weighted by molar-refractivity contribution is -0.151. The van der Waals surface area contributed by atoms with Crippen LogP contribution < -0.4 is 0 Å². The van der Waals surface area contributed by atoms with Gasteiger partial charge in [-0.3, -0.25) is 4.79 Å². The predicted octanol–water partition coefficient (Wildman–Crippen LogP) is 2.96. The first kappa shape index (κ1) is 14.5. The van der Waals surface area contributed by atoms with E-state index in [2.05, 4.69) is 0 Å². The third-order valence-corrected chi connectivity index (χ3v) is 5.00. The third kappa shape index (κ3) is 2.69. The van der Waals surface area contributed by atoms with Gasteiger partial charge in [0.05, 0.1) is 12.0 Å². The van der Waals surface area contributed by atoms with E-state index in [-0.39, 0.29) is 17.1 Å². The summed E-state index contributed by atoms with van der Waals surface area (Å²) in [5.74, 6) is 0.368. The zero-order valence-electron chi connectivity index (χ0n) is 12.5. The Morgan fingerprint density at radius 1 is 1.38 bits per heavy atom. The van der Waals surface area contributed by atoms with Crippen LogP contribution in [0.15, 0.2) is 24.3 Å². The van der Waals surface area contributed by atoms with Gasteiger partial charge in [-0.1, -0.05) is 18.6 Å². The Labute approximate surface area is 125 Å². The van der Waals surface area contributed by atoms with Gasteiger partial charge in [0.2, 0.25) is 5.91 Å². The number of amides is 1. The van der Waals surface area contributed by atoms with E-state index < -0.39 is 0 Å². The Bertz CT molecular complexity index is 510. The van der Waals surface area contributed by atoms with E-state index in [1.807, 2.05) is 17.0 Å². The molecule has 1 amide bonds. The van der Waals surface area contributed by atoms with Crippen molar-refractivity contribution < 1.29 is 13.9 Å². The zero-order chi connectivity index (χ0) is 14.9. The maximum absolute atomic E-state index is 13.0. The second kappa shape index (κ2) is 5.76. The summed E-state index contributed by atoms with van der Waals surface area (Å²) in [5, 5.41) is 0. The molecule has 1 heterocycles. The molecule has 0 aromatic heterocycles. The standard InChI is InChI=1S/C17H22FNO2/c1-21-12-17(8-2-9-17)16(20)19-10-7-14(11-19)13-3-5-15(18)6-4-13/h3-6,14H,2,7-12H2,1H3/t14-/m1/s1. The van der Waals surface area contributed by atoms with Crippen molar-refractivity contribution in [2.24, 2.45) is 5.41 Å². The number of carbonyl (C=O) groups excluding carboxylic acids is 1. The van der Waals surface area contributed by atoms with Crippen LogP contribution in [-0.4, -0.2) is 37.6 Å². The summed E-state index contributed by atoms with van der Waals surface area (Å²) in [4.78, 5) is 14.7. The highest BCUT2D eigenvalue weighted by Crippen LogP contribution is 2.44. The predicted molar refractivity (Wildman–Crippen MR) is 78.5 cm³/mol. The molecule has 1 aromatic carbocycles. The van der Waals surface area contributed by atoms with Crippen LogP contribution in [-0.2, 0) is 9.53 Å². The molecule has 0 unspecified atom stereocenters. The quantitative estimate of drug-likeness (QED) is 0.853. The average Bonchev–Trinajstić information content (AvgIpc) is 2.92. The number of hydrogen-bond donors (Lipinski definition) is 0. The van der Waals surface area contributed by atoms with Crippen molar-refractivity contribution in [3.05, 3.63) is 35.6 Å². The molecular formula is C17H22FNO2. The van der Waals surface area contributed by atoms with Gasteiger partial charge >= 0.3 is 0 Å². The highest BCUT2D eigenvalue weighted by Gasteiger charge is 2.47. The lowest BCUT2D eigenvalue weighted by Crippen LogP contribution is -2.49. The van der Waals surface area contributed by atoms with Gasteiger partial charge in [0.15, 0.2) is 0 Å². The Hall–Kier alpha value is -1.42. The second-order valence-corrected chi connectivity index (χ2v) is 6.36. The van der Waals surface area contributed by atoms with Gasteiger partial charge in [0.25, 0.3) is 0 Å². The lowest BCUT2D eigenvalue weighted by Gasteiger charge is -2.42. The van der Waals surface area contributed by atoms with E-state index in [0.29, 0.717) is 12.5 Å². The van der Waals surface area contributed by atoms with E-state index >= 15 is 0 Å². The Morgan fingerprint density at radius 3 is 2.67 bits per heavy atom. The van der Waals surface area contributed by atoms with Gasteiger partial charge in [0, 0.05) is 26.1 Å². The van der Waals surface area contributed by atoms with E-state index in [9.17, 15) is 9.18 Å². The summed E-state index contributed by atoms with van der Waals surface area (Å²) in [6, 6.07) is 6.67. The molecule has 1 saturated heterocycles. The molecule has 1 aliphatic heterocycles. The fourth-order valence-corrected chi connectivity index (χ4v) is 3.59. The van der Waals surface area contributed by atoms with Gasteiger partial charge in [-0.05, 0) is 37.0 Å². The number of likely N-dealkylation sites (tertiary alicyclic amines) is 1. The lowest BCUT2D eigenvalue weighted by atomic mass is 9.68. The highest BCUT2D eigenvalue weighted by atomic mass is 19.1. The van der Waals surface area contributed by atoms with E-state index in [4.69, 9.17) is 4.74 Å². The first-order chi connectivity index (χ1) is 10.1. The summed E-state index contributed by atoms with van der Waals surface area (Å²) in [7, 11) is 1.67. The Balaban J connectivity index is 1.66. The van der Waals surface area contributed by atoms with Crippen LogP contribution in [0.4, 0.5) is 4.39 Å². The van der Waals surface area contributed by atoms with Crippen LogP contribution in [0.5, 0.6) is 0 Å². The molecule has 1 atom stereocenters. The number of nitrogens with zero attached hydrogens (tertiary/aromatic N) is 1. The van der Waals surface area contributed by atoms with E-state index in [1.165, 1.54) is 12.1 Å². The van der Waals surface area contributed by atoms with Crippen LogP contribution in [0.1, 0.15) is 37.2 Å². The fraction of sp³-hybridized carbons (Fsp3) is 0.588. The first-order valence-corrected chi connectivity index (χ1v) is 7.68. The molecule has 2 aliphatic rings. The van der Waals surface area contributed by atoms with Crippen molar-refractivity contribution in [3.8, 4) is 0 Å². The van der Waals surface area contributed by atoms with E-state index in [0.717, 1.165) is 44.3 Å². The average molecular weight is 291 g/mol. The van der Waals surface area contributed by atoms with Gasteiger partial charge in [-0.15, -0.1) is 0 Å². The van der Waals surface area contributed by atoms with Crippen LogP contribution in [0.2, 0.25) is 0 Å². The minimum absolute atomic E-state index is 0.210. The summed E-state index contributed by atoms with van der Waals surface area (Å²) < 4.78 is 18.3. The topological polar surface area (TPSA) is 29.5 Å². The van der Waals surface area contributed by atoms with Crippen LogP contribution in [0.3, 0.4) is 0 Å². The van der Waals surface area contributed by atoms with Crippen molar-refractivity contribution in [1.82, 2.24) is 4.90 Å². The van der Waals surface area contributed by atoms with Gasteiger partial charge in [-0.25, -0.2) is 4.39 Å². The number of hydrogen-bond acceptors (Lipinski definition) is 2. The molecule has 3 rings (SSSR count). The Morgan fingerprint density at radius 2 is 2.10 bits per heavy atom. The minimum Gasteiger partial charge on any atom is -0.384 e. The van der Waals surface area contributed by atoms with Crippen molar-refractivity contribution in [1.29, 1.82) is 0 Å². The molecule has 3 nitrogen and oxygen atoms in total. The zero-order valence-corrected chi connectivity index (χ0v) is 12.5. The smallest absolute Gasteiger partial charge is 0.231 e. The van der Waals surface area contributed by atoms with Gasteiger partial charge < -0.3 is 9.64 Å². The maximum Gasteiger partial charge on any atom is 0.231 e. The number of ether oxygens (including phenoxy) is 1. The summed E-state index contributed by atoms with van der Waals surface area (Å²) in [6.07, 6.45) is 3.96. The molecule has 1 saturated carbocycles. The third-order valence-electron chi connectivity index (χ3n) is 5.00. The van der Waals surface area contributed by atoms with E-state index in [1.54, 1.807) is 7.11 Å². The number of benzene rings is 1. The number of carbonyl (C=O) groups is 1. The van der Waals surface area contributed by atoms with Gasteiger partial charge in [-0.2, -0.15) is 0 Å². The minimum atomic E-state index is -0.271. The summed E-state index contributed by atoms with van der Waals surface area (Å²) in [6.45, 7) is 2.08. The maximum atomic E-state index is 13.0. The normalized spacial score (nSPS) is 23.9. The molecule has 4 heteroatoms. The first-order valence-electron chi connectivity index (χ1n) is 7.68. The molecule has 0 spiro atoms. The number of rotatable bonds is 4. The van der Waals surface area contributed by atoms with Crippen LogP contribution >= 0.6 is 0 Å². The number of halogens is 1. The molecule has 0 N–H and O–H groups in total. The molecule has 0 radical (unpaired) electrons. The van der Waals surface area contributed by atoms with Crippen molar-refractivity contribution in [3.63, 3.8) is 0 Å². The van der Waals surface area contributed by atoms with Crippen molar-refractivity contribution in [2.75, 3.05) is 26.8 Å². The largest absolute Gasteiger partial charge is 0.384 e. The van der Waals surface area contributed by atoms with Crippen LogP contribution in [0.25, 0.3) is 0 Å². The number of methoxy groups -OCH3 is 1. The van der Waals surface area contributed by atoms with Crippen LogP contribution in [0, 0.1) is 11.2 Å².